The molecule has 8 heteroatoms. The molecule has 176 valence electrons. The molecule has 2 aromatic rings. The molecule has 0 unspecified atom stereocenters. The predicted molar refractivity (Wildman–Crippen MR) is 125 cm³/mol. The van der Waals surface area contributed by atoms with Crippen LogP contribution in [0.2, 0.25) is 0 Å². The number of rotatable bonds is 10. The van der Waals surface area contributed by atoms with Crippen LogP contribution >= 0.6 is 0 Å². The van der Waals surface area contributed by atoms with Crippen LogP contribution in [0.5, 0.6) is 0 Å². The number of hydrogen-bond donors (Lipinski definition) is 2. The van der Waals surface area contributed by atoms with Gasteiger partial charge in [0, 0.05) is 24.2 Å². The molecule has 0 saturated carbocycles. The van der Waals surface area contributed by atoms with Crippen molar-refractivity contribution in [1.82, 2.24) is 0 Å². The standard InChI is InChI=1S/C25H30N2O6/c1-16(2)33-25(31)19-11-13-20(14-12-19)26-22(28)9-6-10-24(30)32-15-23(29)27-21-8-5-7-17(3)18(21)4/h5,7-8,11-14,16H,6,9-10,15H2,1-4H3,(H,26,28)(H,27,29). The number of esters is 2. The van der Waals surface area contributed by atoms with Crippen molar-refractivity contribution in [2.45, 2.75) is 53.1 Å². The first kappa shape index (κ1) is 25.6. The Morgan fingerprint density at radius 3 is 2.24 bits per heavy atom. The second-order valence-corrected chi connectivity index (χ2v) is 7.89. The van der Waals surface area contributed by atoms with Gasteiger partial charge < -0.3 is 20.1 Å². The molecule has 0 bridgehead atoms. The van der Waals surface area contributed by atoms with Crippen LogP contribution in [0.15, 0.2) is 42.5 Å². The Balaban J connectivity index is 1.67. The third kappa shape index (κ3) is 8.76. The Labute approximate surface area is 193 Å². The van der Waals surface area contributed by atoms with E-state index in [4.69, 9.17) is 9.47 Å². The number of aryl methyl sites for hydroxylation is 1. The molecule has 2 aromatic carbocycles. The van der Waals surface area contributed by atoms with Crippen LogP contribution in [0.25, 0.3) is 0 Å². The van der Waals surface area contributed by atoms with Gasteiger partial charge in [-0.15, -0.1) is 0 Å². The van der Waals surface area contributed by atoms with Gasteiger partial charge in [-0.1, -0.05) is 12.1 Å². The number of anilines is 2. The molecule has 8 nitrogen and oxygen atoms in total. The first-order valence-electron chi connectivity index (χ1n) is 10.8. The van der Waals surface area contributed by atoms with E-state index in [1.54, 1.807) is 44.2 Å². The SMILES string of the molecule is Cc1cccc(NC(=O)COC(=O)CCCC(=O)Nc2ccc(C(=O)OC(C)C)cc2)c1C. The first-order valence-corrected chi connectivity index (χ1v) is 10.8. The molecule has 2 rings (SSSR count). The number of benzene rings is 2. The van der Waals surface area contributed by atoms with Crippen LogP contribution in [0.3, 0.4) is 0 Å². The Hall–Kier alpha value is -3.68. The van der Waals surface area contributed by atoms with Gasteiger partial charge in [-0.25, -0.2) is 4.79 Å². The smallest absolute Gasteiger partial charge is 0.338 e. The van der Waals surface area contributed by atoms with Crippen molar-refractivity contribution >= 4 is 35.1 Å². The average Bonchev–Trinajstić information content (AvgIpc) is 2.75. The number of hydrogen-bond acceptors (Lipinski definition) is 6. The fourth-order valence-corrected chi connectivity index (χ4v) is 2.88. The summed E-state index contributed by atoms with van der Waals surface area (Å²) in [6.45, 7) is 6.99. The molecular formula is C25H30N2O6. The number of nitrogens with one attached hydrogen (secondary N) is 2. The van der Waals surface area contributed by atoms with Crippen molar-refractivity contribution in [1.29, 1.82) is 0 Å². The molecule has 33 heavy (non-hydrogen) atoms. The van der Waals surface area contributed by atoms with Crippen molar-refractivity contribution in [2.24, 2.45) is 0 Å². The van der Waals surface area contributed by atoms with Crippen LogP contribution in [-0.2, 0) is 23.9 Å². The van der Waals surface area contributed by atoms with E-state index in [0.29, 0.717) is 16.9 Å². The van der Waals surface area contributed by atoms with E-state index in [0.717, 1.165) is 11.1 Å². The zero-order valence-electron chi connectivity index (χ0n) is 19.4. The van der Waals surface area contributed by atoms with E-state index in [2.05, 4.69) is 10.6 Å². The highest BCUT2D eigenvalue weighted by atomic mass is 16.5. The summed E-state index contributed by atoms with van der Waals surface area (Å²) in [6, 6.07) is 11.9. The Morgan fingerprint density at radius 2 is 1.58 bits per heavy atom. The lowest BCUT2D eigenvalue weighted by Crippen LogP contribution is -2.21. The molecule has 0 spiro atoms. The minimum absolute atomic E-state index is 0.0180. The lowest BCUT2D eigenvalue weighted by atomic mass is 10.1. The van der Waals surface area contributed by atoms with Gasteiger partial charge in [0.05, 0.1) is 11.7 Å². The fourth-order valence-electron chi connectivity index (χ4n) is 2.88. The molecule has 0 aliphatic carbocycles. The molecule has 0 atom stereocenters. The third-order valence-electron chi connectivity index (χ3n) is 4.77. The molecular weight excluding hydrogens is 424 g/mol. The maximum absolute atomic E-state index is 12.1. The van der Waals surface area contributed by atoms with Crippen molar-refractivity contribution in [3.63, 3.8) is 0 Å². The summed E-state index contributed by atoms with van der Waals surface area (Å²) < 4.78 is 10.1. The highest BCUT2D eigenvalue weighted by Gasteiger charge is 2.12. The van der Waals surface area contributed by atoms with Crippen LogP contribution < -0.4 is 10.6 Å². The van der Waals surface area contributed by atoms with Gasteiger partial charge in [-0.3, -0.25) is 14.4 Å². The first-order chi connectivity index (χ1) is 15.7. The highest BCUT2D eigenvalue weighted by Crippen LogP contribution is 2.18. The Morgan fingerprint density at radius 1 is 0.879 bits per heavy atom. The van der Waals surface area contributed by atoms with E-state index in [9.17, 15) is 19.2 Å². The fraction of sp³-hybridized carbons (Fsp3) is 0.360. The molecule has 0 aliphatic rings. The summed E-state index contributed by atoms with van der Waals surface area (Å²) in [4.78, 5) is 47.8. The quantitative estimate of drug-likeness (QED) is 0.522. The van der Waals surface area contributed by atoms with E-state index in [1.807, 2.05) is 26.0 Å². The number of carbonyl (C=O) groups is 4. The summed E-state index contributed by atoms with van der Waals surface area (Å²) in [5, 5.41) is 5.42. The molecule has 2 N–H and O–H groups in total. The second-order valence-electron chi connectivity index (χ2n) is 7.89. The Kier molecular flexibility index (Phi) is 9.60. The number of ether oxygens (including phenoxy) is 2. The maximum atomic E-state index is 12.1. The lowest BCUT2D eigenvalue weighted by Gasteiger charge is -2.10. The third-order valence-corrected chi connectivity index (χ3v) is 4.77. The topological polar surface area (TPSA) is 111 Å². The van der Waals surface area contributed by atoms with Gasteiger partial charge in [-0.2, -0.15) is 0 Å². The summed E-state index contributed by atoms with van der Waals surface area (Å²) in [5.41, 5.74) is 3.61. The predicted octanol–water partition coefficient (Wildman–Crippen LogP) is 4.16. The average molecular weight is 455 g/mol. The van der Waals surface area contributed by atoms with Gasteiger partial charge in [0.25, 0.3) is 5.91 Å². The van der Waals surface area contributed by atoms with Crippen LogP contribution in [0.1, 0.15) is 54.6 Å². The maximum Gasteiger partial charge on any atom is 0.338 e. The summed E-state index contributed by atoms with van der Waals surface area (Å²) in [6.07, 6.45) is 0.197. The normalized spacial score (nSPS) is 10.5. The monoisotopic (exact) mass is 454 g/mol. The summed E-state index contributed by atoms with van der Waals surface area (Å²) >= 11 is 0. The van der Waals surface area contributed by atoms with Crippen molar-refractivity contribution < 1.29 is 28.7 Å². The van der Waals surface area contributed by atoms with Crippen LogP contribution in [0, 0.1) is 13.8 Å². The summed E-state index contributed by atoms with van der Waals surface area (Å²) in [5.74, 6) is -1.67. The van der Waals surface area contributed by atoms with Gasteiger partial charge >= 0.3 is 11.9 Å². The highest BCUT2D eigenvalue weighted by molar-refractivity contribution is 5.94. The molecule has 0 heterocycles. The van der Waals surface area contributed by atoms with E-state index in [1.165, 1.54) is 0 Å². The molecule has 0 saturated heterocycles. The van der Waals surface area contributed by atoms with Gasteiger partial charge in [0.1, 0.15) is 0 Å². The lowest BCUT2D eigenvalue weighted by molar-refractivity contribution is -0.147. The molecule has 0 fully saturated rings. The van der Waals surface area contributed by atoms with E-state index in [-0.39, 0.29) is 37.9 Å². The van der Waals surface area contributed by atoms with Gasteiger partial charge in [-0.05, 0) is 75.6 Å². The van der Waals surface area contributed by atoms with Crippen molar-refractivity contribution in [3.05, 3.63) is 59.2 Å². The zero-order valence-corrected chi connectivity index (χ0v) is 19.4. The summed E-state index contributed by atoms with van der Waals surface area (Å²) in [7, 11) is 0. The Bertz CT molecular complexity index is 998. The van der Waals surface area contributed by atoms with Crippen molar-refractivity contribution in [3.8, 4) is 0 Å². The molecule has 0 aliphatic heterocycles. The molecule has 2 amide bonds. The van der Waals surface area contributed by atoms with Crippen molar-refractivity contribution in [2.75, 3.05) is 17.2 Å². The van der Waals surface area contributed by atoms with Gasteiger partial charge in [0.2, 0.25) is 5.91 Å². The minimum Gasteiger partial charge on any atom is -0.459 e. The minimum atomic E-state index is -0.549. The number of amides is 2. The number of carbonyl (C=O) groups excluding carboxylic acids is 4. The van der Waals surface area contributed by atoms with Crippen LogP contribution in [0.4, 0.5) is 11.4 Å². The second kappa shape index (κ2) is 12.4. The van der Waals surface area contributed by atoms with Crippen LogP contribution in [-0.4, -0.2) is 36.5 Å². The molecule has 0 aromatic heterocycles. The zero-order chi connectivity index (χ0) is 24.4. The molecule has 0 radical (unpaired) electrons. The van der Waals surface area contributed by atoms with E-state index < -0.39 is 17.8 Å². The van der Waals surface area contributed by atoms with Gasteiger partial charge in [0.15, 0.2) is 6.61 Å². The largest absolute Gasteiger partial charge is 0.459 e. The van der Waals surface area contributed by atoms with E-state index >= 15 is 0 Å².